The maximum absolute atomic E-state index is 12.2. The highest BCUT2D eigenvalue weighted by Gasteiger charge is 2.24. The third kappa shape index (κ3) is 4.29. The molecule has 1 fully saturated rings. The first-order chi connectivity index (χ1) is 10.2. The number of hydrogen-bond donors (Lipinski definition) is 2. The van der Waals surface area contributed by atoms with Crippen molar-refractivity contribution in [2.75, 3.05) is 26.2 Å². The second-order valence-electron chi connectivity index (χ2n) is 5.24. The van der Waals surface area contributed by atoms with Gasteiger partial charge in [-0.15, -0.1) is 0 Å². The second-order valence-corrected chi connectivity index (χ2v) is 5.24. The van der Waals surface area contributed by atoms with Crippen molar-refractivity contribution in [1.29, 1.82) is 0 Å². The van der Waals surface area contributed by atoms with Gasteiger partial charge in [0.25, 0.3) is 0 Å². The highest BCUT2D eigenvalue weighted by atomic mass is 16.2. The van der Waals surface area contributed by atoms with Gasteiger partial charge in [-0.1, -0.05) is 37.3 Å². The molecule has 2 rings (SSSR count). The summed E-state index contributed by atoms with van der Waals surface area (Å²) in [6, 6.07) is 9.63. The number of nitrogens with one attached hydrogen (secondary N) is 2. The van der Waals surface area contributed by atoms with Gasteiger partial charge in [0.05, 0.1) is 6.04 Å². The van der Waals surface area contributed by atoms with Gasteiger partial charge in [-0.3, -0.25) is 9.59 Å². The van der Waals surface area contributed by atoms with Gasteiger partial charge in [0.15, 0.2) is 0 Å². The predicted octanol–water partition coefficient (Wildman–Crippen LogP) is 1.08. The van der Waals surface area contributed by atoms with Crippen LogP contribution in [0, 0.1) is 0 Å². The summed E-state index contributed by atoms with van der Waals surface area (Å²) < 4.78 is 0. The van der Waals surface area contributed by atoms with Gasteiger partial charge in [0.2, 0.25) is 0 Å². The minimum atomic E-state index is -0.507. The molecule has 0 saturated carbocycles. The number of hydrogen-bond acceptors (Lipinski definition) is 3. The van der Waals surface area contributed by atoms with E-state index >= 15 is 0 Å². The van der Waals surface area contributed by atoms with Crippen LogP contribution in [0.15, 0.2) is 30.3 Å². The van der Waals surface area contributed by atoms with E-state index < -0.39 is 11.8 Å². The highest BCUT2D eigenvalue weighted by Crippen LogP contribution is 2.15. The normalized spacial score (nSPS) is 16.9. The van der Waals surface area contributed by atoms with Gasteiger partial charge in [0, 0.05) is 19.6 Å². The lowest BCUT2D eigenvalue weighted by atomic mass is 10.0. The molecule has 5 nitrogen and oxygen atoms in total. The summed E-state index contributed by atoms with van der Waals surface area (Å²) in [4.78, 5) is 26.0. The maximum atomic E-state index is 12.2. The molecule has 1 aromatic carbocycles. The number of benzene rings is 1. The first-order valence-corrected chi connectivity index (χ1v) is 7.57. The Hall–Kier alpha value is -1.88. The first kappa shape index (κ1) is 15.5. The van der Waals surface area contributed by atoms with Gasteiger partial charge in [-0.05, 0) is 24.9 Å². The minimum Gasteiger partial charge on any atom is -0.341 e. The van der Waals surface area contributed by atoms with Crippen LogP contribution >= 0.6 is 0 Å². The van der Waals surface area contributed by atoms with E-state index in [0.717, 1.165) is 31.5 Å². The summed E-state index contributed by atoms with van der Waals surface area (Å²) in [5, 5.41) is 6.07. The van der Waals surface area contributed by atoms with Crippen LogP contribution in [0.25, 0.3) is 0 Å². The molecule has 1 aliphatic heterocycles. The van der Waals surface area contributed by atoms with Crippen molar-refractivity contribution in [3.05, 3.63) is 35.9 Å². The molecule has 0 aliphatic carbocycles. The molecule has 0 radical (unpaired) electrons. The molecule has 1 saturated heterocycles. The Kier molecular flexibility index (Phi) is 5.75. The zero-order valence-corrected chi connectivity index (χ0v) is 12.5. The van der Waals surface area contributed by atoms with Crippen LogP contribution in [-0.4, -0.2) is 42.9 Å². The van der Waals surface area contributed by atoms with E-state index in [1.165, 1.54) is 0 Å². The van der Waals surface area contributed by atoms with E-state index in [0.29, 0.717) is 13.1 Å². The average Bonchev–Trinajstić information content (AvgIpc) is 2.81. The fraction of sp³-hybridized carbons (Fsp3) is 0.500. The molecule has 21 heavy (non-hydrogen) atoms. The van der Waals surface area contributed by atoms with E-state index in [-0.39, 0.29) is 6.04 Å². The fourth-order valence-corrected chi connectivity index (χ4v) is 2.52. The van der Waals surface area contributed by atoms with Crippen molar-refractivity contribution in [2.45, 2.75) is 25.8 Å². The van der Waals surface area contributed by atoms with Gasteiger partial charge in [0.1, 0.15) is 0 Å². The van der Waals surface area contributed by atoms with Crippen molar-refractivity contribution in [1.82, 2.24) is 15.5 Å². The van der Waals surface area contributed by atoms with Crippen LogP contribution in [0.3, 0.4) is 0 Å². The summed E-state index contributed by atoms with van der Waals surface area (Å²) in [6.07, 6.45) is 1.64. The van der Waals surface area contributed by atoms with E-state index in [2.05, 4.69) is 10.6 Å². The fourth-order valence-electron chi connectivity index (χ4n) is 2.52. The SMILES string of the molecule is CCC(NC(=O)C(=O)N1CCCNCC1)c1ccccc1. The summed E-state index contributed by atoms with van der Waals surface area (Å²) in [7, 11) is 0. The lowest BCUT2D eigenvalue weighted by Gasteiger charge is -2.22. The molecule has 0 aromatic heterocycles. The molecular formula is C16H23N3O2. The second kappa shape index (κ2) is 7.78. The Morgan fingerprint density at radius 2 is 2.00 bits per heavy atom. The molecule has 5 heteroatoms. The molecule has 1 aliphatic rings. The quantitative estimate of drug-likeness (QED) is 0.819. The van der Waals surface area contributed by atoms with Crippen molar-refractivity contribution >= 4 is 11.8 Å². The Labute approximate surface area is 125 Å². The smallest absolute Gasteiger partial charge is 0.311 e. The van der Waals surface area contributed by atoms with Crippen molar-refractivity contribution in [3.8, 4) is 0 Å². The molecule has 1 heterocycles. The predicted molar refractivity (Wildman–Crippen MR) is 81.7 cm³/mol. The van der Waals surface area contributed by atoms with Gasteiger partial charge in [-0.2, -0.15) is 0 Å². The monoisotopic (exact) mass is 289 g/mol. The van der Waals surface area contributed by atoms with Crippen LogP contribution in [0.1, 0.15) is 31.4 Å². The number of carbonyl (C=O) groups is 2. The molecule has 114 valence electrons. The van der Waals surface area contributed by atoms with Gasteiger partial charge < -0.3 is 15.5 Å². The Morgan fingerprint density at radius 3 is 2.71 bits per heavy atom. The zero-order valence-electron chi connectivity index (χ0n) is 12.5. The van der Waals surface area contributed by atoms with Crippen molar-refractivity contribution in [3.63, 3.8) is 0 Å². The van der Waals surface area contributed by atoms with Crippen LogP contribution in [-0.2, 0) is 9.59 Å². The third-order valence-electron chi connectivity index (χ3n) is 3.74. The van der Waals surface area contributed by atoms with Crippen LogP contribution in [0.5, 0.6) is 0 Å². The summed E-state index contributed by atoms with van der Waals surface area (Å²) in [6.45, 7) is 4.87. The summed E-state index contributed by atoms with van der Waals surface area (Å²) in [5.74, 6) is -0.930. The molecule has 2 amide bonds. The van der Waals surface area contributed by atoms with E-state index in [1.807, 2.05) is 37.3 Å². The maximum Gasteiger partial charge on any atom is 0.311 e. The van der Waals surface area contributed by atoms with Crippen LogP contribution in [0.2, 0.25) is 0 Å². The van der Waals surface area contributed by atoms with Crippen molar-refractivity contribution in [2.24, 2.45) is 0 Å². The van der Waals surface area contributed by atoms with Crippen LogP contribution < -0.4 is 10.6 Å². The third-order valence-corrected chi connectivity index (χ3v) is 3.74. The van der Waals surface area contributed by atoms with Crippen LogP contribution in [0.4, 0.5) is 0 Å². The highest BCUT2D eigenvalue weighted by molar-refractivity contribution is 6.35. The molecule has 2 N–H and O–H groups in total. The number of amides is 2. The summed E-state index contributed by atoms with van der Waals surface area (Å²) >= 11 is 0. The number of carbonyl (C=O) groups excluding carboxylic acids is 2. The minimum absolute atomic E-state index is 0.118. The molecule has 1 aromatic rings. The topological polar surface area (TPSA) is 61.4 Å². The summed E-state index contributed by atoms with van der Waals surface area (Å²) in [5.41, 5.74) is 1.03. The Morgan fingerprint density at radius 1 is 1.24 bits per heavy atom. The Bertz CT molecular complexity index is 468. The average molecular weight is 289 g/mol. The molecule has 1 unspecified atom stereocenters. The van der Waals surface area contributed by atoms with Gasteiger partial charge in [-0.25, -0.2) is 0 Å². The van der Waals surface area contributed by atoms with Gasteiger partial charge >= 0.3 is 11.8 Å². The van der Waals surface area contributed by atoms with E-state index in [9.17, 15) is 9.59 Å². The van der Waals surface area contributed by atoms with Crippen molar-refractivity contribution < 1.29 is 9.59 Å². The molecule has 1 atom stereocenters. The molecule has 0 bridgehead atoms. The largest absolute Gasteiger partial charge is 0.341 e. The standard InChI is InChI=1S/C16H23N3O2/c1-2-14(13-7-4-3-5-8-13)18-15(20)16(21)19-11-6-9-17-10-12-19/h3-5,7-8,14,17H,2,6,9-12H2,1H3,(H,18,20). The first-order valence-electron chi connectivity index (χ1n) is 7.57. The molecule has 0 spiro atoms. The van der Waals surface area contributed by atoms with E-state index in [4.69, 9.17) is 0 Å². The molecular weight excluding hydrogens is 266 g/mol. The Balaban J connectivity index is 1.97. The van der Waals surface area contributed by atoms with E-state index in [1.54, 1.807) is 4.90 Å². The number of rotatable bonds is 3. The number of nitrogens with zero attached hydrogens (tertiary/aromatic N) is 1. The lowest BCUT2D eigenvalue weighted by molar-refractivity contribution is -0.146. The lowest BCUT2D eigenvalue weighted by Crippen LogP contribution is -2.45. The zero-order chi connectivity index (χ0) is 15.1.